The quantitative estimate of drug-likeness (QED) is 0.774. The Balaban J connectivity index is 3.10. The first-order valence-corrected chi connectivity index (χ1v) is 3.74. The second-order valence-corrected chi connectivity index (χ2v) is 2.76. The Labute approximate surface area is 71.5 Å². The number of carboxylic acid groups (broad SMARTS) is 1. The van der Waals surface area contributed by atoms with E-state index in [1.165, 1.54) is 7.11 Å². The van der Waals surface area contributed by atoms with E-state index >= 15 is 0 Å². The van der Waals surface area contributed by atoms with Crippen molar-refractivity contribution in [3.63, 3.8) is 0 Å². The Bertz CT molecular complexity index is 285. The van der Waals surface area contributed by atoms with Crippen LogP contribution in [0.1, 0.15) is 10.5 Å². The number of nitrogens with zero attached hydrogens (tertiary/aromatic N) is 1. The van der Waals surface area contributed by atoms with Gasteiger partial charge < -0.3 is 9.84 Å². The lowest BCUT2D eigenvalue weighted by Gasteiger charge is -1.91. The summed E-state index contributed by atoms with van der Waals surface area (Å²) < 4.78 is 8.31. The van der Waals surface area contributed by atoms with Crippen molar-refractivity contribution >= 4 is 29.1 Å². The van der Waals surface area contributed by atoms with Crippen LogP contribution in [0.4, 0.5) is 0 Å². The van der Waals surface area contributed by atoms with E-state index in [0.29, 0.717) is 5.06 Å². The maximum atomic E-state index is 10.4. The molecule has 0 aliphatic heterocycles. The molecular formula is C5H4ClNO3S. The molecule has 6 heteroatoms. The van der Waals surface area contributed by atoms with Gasteiger partial charge in [0, 0.05) is 11.5 Å². The predicted octanol–water partition coefficient (Wildman–Crippen LogP) is 1.50. The summed E-state index contributed by atoms with van der Waals surface area (Å²) in [6.07, 6.45) is 0. The van der Waals surface area contributed by atoms with Gasteiger partial charge in [0.2, 0.25) is 5.06 Å². The zero-order valence-corrected chi connectivity index (χ0v) is 7.07. The van der Waals surface area contributed by atoms with Gasteiger partial charge in [0.05, 0.1) is 7.11 Å². The molecule has 0 spiro atoms. The number of hydrogen-bond donors (Lipinski definition) is 1. The topological polar surface area (TPSA) is 59.4 Å². The summed E-state index contributed by atoms with van der Waals surface area (Å²) in [6, 6.07) is 0. The smallest absolute Gasteiger partial charge is 0.357 e. The largest absolute Gasteiger partial charge is 0.485 e. The molecule has 1 heterocycles. The predicted molar refractivity (Wildman–Crippen MR) is 40.6 cm³/mol. The summed E-state index contributed by atoms with van der Waals surface area (Å²) in [4.78, 5) is 10.4. The van der Waals surface area contributed by atoms with Gasteiger partial charge in [0.1, 0.15) is 5.02 Å². The van der Waals surface area contributed by atoms with E-state index in [1.807, 2.05) is 0 Å². The second kappa shape index (κ2) is 3.06. The van der Waals surface area contributed by atoms with Crippen molar-refractivity contribution in [2.45, 2.75) is 0 Å². The molecule has 60 valence electrons. The molecular weight excluding hydrogens is 190 g/mol. The minimum atomic E-state index is -1.14. The highest BCUT2D eigenvalue weighted by Gasteiger charge is 2.17. The van der Waals surface area contributed by atoms with E-state index in [1.54, 1.807) is 0 Å². The van der Waals surface area contributed by atoms with Crippen LogP contribution >= 0.6 is 23.1 Å². The van der Waals surface area contributed by atoms with Crippen LogP contribution in [0.5, 0.6) is 5.06 Å². The molecule has 0 aliphatic carbocycles. The van der Waals surface area contributed by atoms with Gasteiger partial charge in [-0.2, -0.15) is 4.37 Å². The number of methoxy groups -OCH3 is 1. The molecule has 0 fully saturated rings. The Hall–Kier alpha value is -0.810. The first-order valence-electron chi connectivity index (χ1n) is 2.59. The molecule has 0 amide bonds. The average Bonchev–Trinajstić information content (AvgIpc) is 2.30. The van der Waals surface area contributed by atoms with Gasteiger partial charge in [-0.25, -0.2) is 4.79 Å². The van der Waals surface area contributed by atoms with Crippen molar-refractivity contribution in [1.29, 1.82) is 0 Å². The number of carboxylic acids is 1. The summed E-state index contributed by atoms with van der Waals surface area (Å²) in [5, 5.41) is 8.86. The molecule has 0 atom stereocenters. The maximum absolute atomic E-state index is 10.4. The van der Waals surface area contributed by atoms with E-state index in [0.717, 1.165) is 11.5 Å². The number of aromatic nitrogens is 1. The van der Waals surface area contributed by atoms with Crippen LogP contribution in [0.2, 0.25) is 5.02 Å². The van der Waals surface area contributed by atoms with E-state index in [-0.39, 0.29) is 10.7 Å². The molecule has 0 saturated carbocycles. The fourth-order valence-electron chi connectivity index (χ4n) is 0.524. The van der Waals surface area contributed by atoms with Crippen LogP contribution in [-0.4, -0.2) is 22.6 Å². The van der Waals surface area contributed by atoms with E-state index in [4.69, 9.17) is 21.4 Å². The van der Waals surface area contributed by atoms with Crippen molar-refractivity contribution in [2.75, 3.05) is 7.11 Å². The number of aromatic carboxylic acids is 1. The van der Waals surface area contributed by atoms with E-state index in [2.05, 4.69) is 4.37 Å². The third kappa shape index (κ3) is 1.44. The van der Waals surface area contributed by atoms with E-state index < -0.39 is 5.97 Å². The number of rotatable bonds is 2. The third-order valence-electron chi connectivity index (χ3n) is 0.995. The average molecular weight is 194 g/mol. The fraction of sp³-hybridized carbons (Fsp3) is 0.200. The van der Waals surface area contributed by atoms with Gasteiger partial charge in [0.15, 0.2) is 5.69 Å². The van der Waals surface area contributed by atoms with Gasteiger partial charge in [-0.15, -0.1) is 0 Å². The number of hydrogen-bond acceptors (Lipinski definition) is 4. The summed E-state index contributed by atoms with van der Waals surface area (Å²) in [5.41, 5.74) is -0.159. The van der Waals surface area contributed by atoms with Crippen LogP contribution in [-0.2, 0) is 0 Å². The summed E-state index contributed by atoms with van der Waals surface area (Å²) >= 11 is 6.48. The van der Waals surface area contributed by atoms with Gasteiger partial charge in [-0.05, 0) is 0 Å². The Morgan fingerprint density at radius 3 is 2.73 bits per heavy atom. The molecule has 4 nitrogen and oxygen atoms in total. The molecule has 0 aliphatic rings. The number of ether oxygens (including phenoxy) is 1. The van der Waals surface area contributed by atoms with Crippen molar-refractivity contribution in [2.24, 2.45) is 0 Å². The lowest BCUT2D eigenvalue weighted by atomic mass is 10.4. The SMILES string of the molecule is COc1snc(C(=O)O)c1Cl. The minimum absolute atomic E-state index is 0.0602. The molecule has 1 N–H and O–H groups in total. The Kier molecular flexibility index (Phi) is 2.31. The molecule has 0 saturated heterocycles. The van der Waals surface area contributed by atoms with Gasteiger partial charge >= 0.3 is 5.97 Å². The lowest BCUT2D eigenvalue weighted by molar-refractivity contribution is 0.0692. The normalized spacial score (nSPS) is 9.64. The standard InChI is InChI=1S/C5H4ClNO3S/c1-10-5-2(6)3(4(8)9)7-11-5/h1H3,(H,8,9). The van der Waals surface area contributed by atoms with Gasteiger partial charge in [-0.3, -0.25) is 0 Å². The molecule has 1 aromatic rings. The molecule has 1 rings (SSSR count). The van der Waals surface area contributed by atoms with Crippen LogP contribution < -0.4 is 4.74 Å². The minimum Gasteiger partial charge on any atom is -0.485 e. The van der Waals surface area contributed by atoms with Crippen molar-refractivity contribution in [3.05, 3.63) is 10.7 Å². The van der Waals surface area contributed by atoms with Gasteiger partial charge in [0.25, 0.3) is 0 Å². The third-order valence-corrected chi connectivity index (χ3v) is 2.27. The van der Waals surface area contributed by atoms with E-state index in [9.17, 15) is 4.79 Å². The van der Waals surface area contributed by atoms with Crippen LogP contribution in [0.25, 0.3) is 0 Å². The lowest BCUT2D eigenvalue weighted by Crippen LogP contribution is -1.96. The summed E-state index contributed by atoms with van der Waals surface area (Å²) in [6.45, 7) is 0. The maximum Gasteiger partial charge on any atom is 0.357 e. The molecule has 0 unspecified atom stereocenters. The zero-order chi connectivity index (χ0) is 8.43. The molecule has 0 aromatic carbocycles. The first kappa shape index (κ1) is 8.29. The molecule has 1 aromatic heterocycles. The monoisotopic (exact) mass is 193 g/mol. The van der Waals surface area contributed by atoms with Crippen molar-refractivity contribution in [3.8, 4) is 5.06 Å². The second-order valence-electron chi connectivity index (χ2n) is 1.64. The van der Waals surface area contributed by atoms with Crippen LogP contribution in [0.15, 0.2) is 0 Å². The summed E-state index contributed by atoms with van der Waals surface area (Å²) in [7, 11) is 1.41. The first-order chi connectivity index (χ1) is 5.16. The highest BCUT2D eigenvalue weighted by atomic mass is 35.5. The van der Waals surface area contributed by atoms with Crippen LogP contribution in [0.3, 0.4) is 0 Å². The Morgan fingerprint density at radius 2 is 2.45 bits per heavy atom. The zero-order valence-electron chi connectivity index (χ0n) is 5.50. The fourth-order valence-corrected chi connectivity index (χ4v) is 1.47. The molecule has 0 bridgehead atoms. The van der Waals surface area contributed by atoms with Crippen molar-refractivity contribution in [1.82, 2.24) is 4.37 Å². The Morgan fingerprint density at radius 1 is 1.82 bits per heavy atom. The highest BCUT2D eigenvalue weighted by molar-refractivity contribution is 7.08. The highest BCUT2D eigenvalue weighted by Crippen LogP contribution is 2.31. The number of carbonyl (C=O) groups is 1. The summed E-state index contributed by atoms with van der Waals surface area (Å²) in [5.74, 6) is -1.14. The van der Waals surface area contributed by atoms with Crippen molar-refractivity contribution < 1.29 is 14.6 Å². The van der Waals surface area contributed by atoms with Crippen LogP contribution in [0, 0.1) is 0 Å². The molecule has 11 heavy (non-hydrogen) atoms. The number of halogens is 1. The molecule has 0 radical (unpaired) electrons. The van der Waals surface area contributed by atoms with Gasteiger partial charge in [-0.1, -0.05) is 11.6 Å².